The molecule has 0 N–H and O–H groups in total. The Balaban J connectivity index is 0.0000000986. The molecule has 0 nitrogen and oxygen atoms in total. The minimum Gasteiger partial charge on any atom is -0.135 e. The van der Waals surface area contributed by atoms with Gasteiger partial charge < -0.3 is 0 Å². The van der Waals surface area contributed by atoms with Gasteiger partial charge in [0.05, 0.1) is 9.40 Å². The second-order valence-electron chi connectivity index (χ2n) is 38.2. The zero-order valence-corrected chi connectivity index (χ0v) is 82.4. The summed E-state index contributed by atoms with van der Waals surface area (Å²) in [6, 6.07) is 176. The number of hydrogen-bond donors (Lipinski definition) is 0. The van der Waals surface area contributed by atoms with Crippen LogP contribution in [-0.4, -0.2) is 0 Å². The summed E-state index contributed by atoms with van der Waals surface area (Å²) in [5, 5.41) is 47.3. The minimum atomic E-state index is 1.26. The van der Waals surface area contributed by atoms with E-state index in [2.05, 4.69) is 473 Å². The second-order valence-corrected chi connectivity index (χ2v) is 44.5. The average molecular weight is 1930 g/mol. The van der Waals surface area contributed by atoms with Crippen LogP contribution in [0.3, 0.4) is 0 Å². The summed E-state index contributed by atoms with van der Waals surface area (Å²) in [7, 11) is 0. The molecule has 33 aromatic rings. The van der Waals surface area contributed by atoms with Gasteiger partial charge in [0.25, 0.3) is 0 Å². The zero-order chi connectivity index (χ0) is 94.0. The number of hydrogen-bond acceptors (Lipinski definition) is 6. The van der Waals surface area contributed by atoms with Crippen molar-refractivity contribution in [2.75, 3.05) is 0 Å². The molecule has 0 amide bonds. The fourth-order valence-electron chi connectivity index (χ4n) is 24.6. The molecule has 0 aliphatic rings. The largest absolute Gasteiger partial charge is 0.135 e. The highest BCUT2D eigenvalue weighted by molar-refractivity contribution is 7.34. The molecule has 6 heterocycles. The molecule has 27 aromatic carbocycles. The molecule has 0 atom stereocenters. The summed E-state index contributed by atoms with van der Waals surface area (Å²) in [6.45, 7) is 0. The predicted molar refractivity (Wildman–Crippen MR) is 639 cm³/mol. The van der Waals surface area contributed by atoms with E-state index >= 15 is 0 Å². The van der Waals surface area contributed by atoms with Gasteiger partial charge >= 0.3 is 0 Å². The summed E-state index contributed by atoms with van der Waals surface area (Å²) in [6.07, 6.45) is 0. The first-order chi connectivity index (χ1) is 71.5. The number of fused-ring (bicyclic) bond motifs is 34. The Morgan fingerprint density at radius 2 is 0.431 bits per heavy atom. The third-order valence-electron chi connectivity index (χ3n) is 30.7. The van der Waals surface area contributed by atoms with Gasteiger partial charge in [-0.15, -0.1) is 68.0 Å². The standard InChI is InChI=1S/3C46H26S2/c1-3-15-29-27(12-1)14-11-22-32(29)41-33-18-5-7-20-35(33)42(36-21-8-6-19-34(36)41)43-45-38(31-17-9-10-23-40(31)47-45)26-39-37-25-24-28-13-2-4-16-30(28)44(37)48-46(39)43;1-3-15-29-27(12-1)14-11-22-31(29)41-32-17-5-7-19-34(32)42(35-20-8-6-18-33(35)41)37-26-38-43-30-16-4-2-13-28(30)24-25-40(43)48-45(38)46-44(37)36-21-9-10-23-39(36)47-46;1-2-14-29-25-40-37(24-28(29)13-1)45-44-36-21-9-10-23-39(36)47-41(44)26-38(46(45)48-40)43-34-19-7-5-17-32(34)42(33-18-6-8-20-35(33)43)31-22-11-15-27-12-3-4-16-30(27)31/h3*1-26H. The van der Waals surface area contributed by atoms with Gasteiger partial charge in [-0.25, -0.2) is 0 Å². The predicted octanol–water partition coefficient (Wildman–Crippen LogP) is 43.1. The summed E-state index contributed by atoms with van der Waals surface area (Å²) < 4.78 is 16.3. The van der Waals surface area contributed by atoms with Crippen molar-refractivity contribution in [1.82, 2.24) is 0 Å². The van der Waals surface area contributed by atoms with E-state index < -0.39 is 0 Å². The van der Waals surface area contributed by atoms with Crippen LogP contribution >= 0.6 is 68.0 Å². The smallest absolute Gasteiger partial charge is 0.0540 e. The van der Waals surface area contributed by atoms with Crippen molar-refractivity contribution in [2.45, 2.75) is 0 Å². The first-order valence-corrected chi connectivity index (χ1v) is 54.2. The van der Waals surface area contributed by atoms with Gasteiger partial charge in [0, 0.05) is 128 Å². The van der Waals surface area contributed by atoms with E-state index in [9.17, 15) is 0 Å². The Labute approximate surface area is 850 Å². The van der Waals surface area contributed by atoms with Crippen LogP contribution in [0, 0.1) is 0 Å². The first-order valence-electron chi connectivity index (χ1n) is 49.3. The number of rotatable bonds is 6. The zero-order valence-electron chi connectivity index (χ0n) is 77.5. The van der Waals surface area contributed by atoms with Gasteiger partial charge in [-0.05, 0) is 234 Å². The lowest BCUT2D eigenvalue weighted by atomic mass is 9.83. The molecule has 0 saturated heterocycles. The fraction of sp³-hybridized carbons (Fsp3) is 0. The maximum atomic E-state index is 2.54. The third kappa shape index (κ3) is 12.3. The van der Waals surface area contributed by atoms with Crippen LogP contribution in [0.2, 0.25) is 0 Å². The van der Waals surface area contributed by atoms with E-state index in [1.165, 1.54) is 317 Å². The monoisotopic (exact) mass is 1930 g/mol. The summed E-state index contributed by atoms with van der Waals surface area (Å²) in [4.78, 5) is 0. The quantitative estimate of drug-likeness (QED) is 0.146. The molecule has 666 valence electrons. The van der Waals surface area contributed by atoms with Crippen molar-refractivity contribution in [3.05, 3.63) is 473 Å². The SMILES string of the molecule is c1ccc2c(-c3c4ccccc4c(-c4c5sc6ccccc6c5cc5c4sc4c6ccccc6ccc54)c4ccccc34)cccc2c1.c1ccc2c(-c3c4ccccc4c(-c4cc5c(sc6ccc7ccccc7c65)c5sc6ccccc6c45)c4ccccc34)cccc2c1.c1ccc2cc3c(cc2c1)sc1c(-c2c4ccccc4c(-c4cccc5ccccc45)c4ccccc24)cc2sc4ccccc4c2c13. The van der Waals surface area contributed by atoms with Crippen LogP contribution in [0.4, 0.5) is 0 Å². The normalized spacial score (nSPS) is 12.2. The molecule has 144 heavy (non-hydrogen) atoms. The average Bonchev–Trinajstić information content (AvgIpc) is 1.36. The molecule has 0 aliphatic heterocycles. The Bertz CT molecular complexity index is 11200. The maximum Gasteiger partial charge on any atom is 0.0540 e. The third-order valence-corrected chi connectivity index (χ3v) is 38.0. The Morgan fingerprint density at radius 3 is 0.931 bits per heavy atom. The van der Waals surface area contributed by atoms with E-state index in [0.29, 0.717) is 0 Å². The molecular weight excluding hydrogens is 1850 g/mol. The van der Waals surface area contributed by atoms with E-state index in [4.69, 9.17) is 0 Å². The van der Waals surface area contributed by atoms with Crippen molar-refractivity contribution < 1.29 is 0 Å². The van der Waals surface area contributed by atoms with Gasteiger partial charge in [-0.3, -0.25) is 0 Å². The van der Waals surface area contributed by atoms with Gasteiger partial charge in [0.2, 0.25) is 0 Å². The molecule has 0 saturated carbocycles. The van der Waals surface area contributed by atoms with E-state index in [0.717, 1.165) is 0 Å². The molecule has 0 unspecified atom stereocenters. The van der Waals surface area contributed by atoms with Crippen molar-refractivity contribution in [3.63, 3.8) is 0 Å². The summed E-state index contributed by atoms with van der Waals surface area (Å²) >= 11 is 11.7. The minimum absolute atomic E-state index is 1.26. The molecule has 0 radical (unpaired) electrons. The summed E-state index contributed by atoms with van der Waals surface area (Å²) in [5.41, 5.74) is 15.8. The van der Waals surface area contributed by atoms with E-state index in [1.54, 1.807) is 0 Å². The highest BCUT2D eigenvalue weighted by Gasteiger charge is 2.30. The van der Waals surface area contributed by atoms with E-state index in [1.807, 2.05) is 68.0 Å². The first kappa shape index (κ1) is 82.1. The number of thiophene rings is 6. The van der Waals surface area contributed by atoms with E-state index in [-0.39, 0.29) is 0 Å². The van der Waals surface area contributed by atoms with Gasteiger partial charge in [0.1, 0.15) is 0 Å². The Morgan fingerprint density at radius 1 is 0.0972 bits per heavy atom. The molecule has 0 fully saturated rings. The molecule has 0 spiro atoms. The molecular formula is C138H78S6. The molecule has 33 rings (SSSR count). The van der Waals surface area contributed by atoms with Crippen LogP contribution in [0.5, 0.6) is 0 Å². The highest BCUT2D eigenvalue weighted by atomic mass is 32.1. The van der Waals surface area contributed by atoms with Gasteiger partial charge in [0.15, 0.2) is 0 Å². The molecule has 0 aliphatic carbocycles. The van der Waals surface area contributed by atoms with Crippen molar-refractivity contribution in [1.29, 1.82) is 0 Å². The lowest BCUT2D eigenvalue weighted by Crippen LogP contribution is -1.92. The molecule has 6 heteroatoms. The summed E-state index contributed by atoms with van der Waals surface area (Å²) in [5.74, 6) is 0. The van der Waals surface area contributed by atoms with Gasteiger partial charge in [-0.2, -0.15) is 0 Å². The maximum absolute atomic E-state index is 2.54. The van der Waals surface area contributed by atoms with Crippen molar-refractivity contribution >= 4 is 318 Å². The van der Waals surface area contributed by atoms with Crippen LogP contribution in [-0.2, 0) is 0 Å². The van der Waals surface area contributed by atoms with Crippen molar-refractivity contribution in [2.24, 2.45) is 0 Å². The lowest BCUT2D eigenvalue weighted by molar-refractivity contribution is 1.70. The highest BCUT2D eigenvalue weighted by Crippen LogP contribution is 2.60. The molecule has 6 aromatic heterocycles. The van der Waals surface area contributed by atoms with Gasteiger partial charge in [-0.1, -0.05) is 419 Å². The van der Waals surface area contributed by atoms with Crippen LogP contribution in [0.25, 0.3) is 317 Å². The fourth-order valence-corrected chi connectivity index (χ4v) is 32.2. The Hall–Kier alpha value is -16.6. The number of benzene rings is 27. The van der Waals surface area contributed by atoms with Crippen LogP contribution in [0.1, 0.15) is 0 Å². The van der Waals surface area contributed by atoms with Crippen LogP contribution in [0.15, 0.2) is 473 Å². The van der Waals surface area contributed by atoms with Crippen LogP contribution < -0.4 is 0 Å². The molecule has 0 bridgehead atoms. The topological polar surface area (TPSA) is 0 Å². The Kier molecular flexibility index (Phi) is 18.5. The second kappa shape index (κ2) is 32.5. The van der Waals surface area contributed by atoms with Crippen molar-refractivity contribution in [3.8, 4) is 66.8 Å². The lowest BCUT2D eigenvalue weighted by Gasteiger charge is -2.19.